The third-order valence-electron chi connectivity index (χ3n) is 2.88. The van der Waals surface area contributed by atoms with Crippen LogP contribution >= 0.6 is 15.9 Å². The highest BCUT2D eigenvalue weighted by Crippen LogP contribution is 2.35. The fourth-order valence-electron chi connectivity index (χ4n) is 1.98. The zero-order valence-corrected chi connectivity index (χ0v) is 11.5. The molecule has 2 aromatic rings. The number of nitro benzene ring substituents is 1. The second-order valence-electron chi connectivity index (χ2n) is 4.14. The summed E-state index contributed by atoms with van der Waals surface area (Å²) in [6.07, 6.45) is 1.55. The third-order valence-corrected chi connectivity index (χ3v) is 3.30. The average Bonchev–Trinajstić information content (AvgIpc) is 2.94. The van der Waals surface area contributed by atoms with E-state index < -0.39 is 4.92 Å². The second-order valence-corrected chi connectivity index (χ2v) is 4.92. The van der Waals surface area contributed by atoms with Crippen LogP contribution in [0.1, 0.15) is 11.3 Å². The van der Waals surface area contributed by atoms with Crippen LogP contribution in [0.3, 0.4) is 0 Å². The van der Waals surface area contributed by atoms with Gasteiger partial charge in [-0.2, -0.15) is 0 Å². The first-order valence-corrected chi connectivity index (χ1v) is 6.41. The Morgan fingerprint density at radius 3 is 2.75 bits per heavy atom. The van der Waals surface area contributed by atoms with Gasteiger partial charge in [-0.05, 0) is 40.2 Å². The molecule has 1 aliphatic rings. The molecular formula is C13H7BrN2O4. The van der Waals surface area contributed by atoms with Crippen molar-refractivity contribution in [2.45, 2.75) is 0 Å². The number of benzene rings is 1. The number of rotatable bonds is 2. The van der Waals surface area contributed by atoms with E-state index in [0.717, 1.165) is 0 Å². The lowest BCUT2D eigenvalue weighted by atomic mass is 10.1. The monoisotopic (exact) mass is 334 g/mol. The highest BCUT2D eigenvalue weighted by Gasteiger charge is 2.26. The number of nitrogens with zero attached hydrogens (tertiary/aromatic N) is 1. The number of amides is 1. The predicted octanol–water partition coefficient (Wildman–Crippen LogP) is 3.44. The molecule has 100 valence electrons. The van der Waals surface area contributed by atoms with Crippen molar-refractivity contribution in [1.82, 2.24) is 0 Å². The van der Waals surface area contributed by atoms with E-state index in [1.54, 1.807) is 18.2 Å². The topological polar surface area (TPSA) is 85.4 Å². The van der Waals surface area contributed by atoms with Crippen molar-refractivity contribution < 1.29 is 14.1 Å². The first kappa shape index (κ1) is 12.6. The van der Waals surface area contributed by atoms with E-state index in [0.29, 0.717) is 27.3 Å². The number of nitro groups is 1. The third kappa shape index (κ3) is 2.12. The van der Waals surface area contributed by atoms with E-state index in [9.17, 15) is 14.9 Å². The fourth-order valence-corrected chi connectivity index (χ4v) is 2.30. The van der Waals surface area contributed by atoms with Crippen molar-refractivity contribution in [3.8, 4) is 0 Å². The van der Waals surface area contributed by atoms with Gasteiger partial charge in [0, 0.05) is 23.4 Å². The predicted molar refractivity (Wildman–Crippen MR) is 76.0 cm³/mol. The summed E-state index contributed by atoms with van der Waals surface area (Å²) in [5.41, 5.74) is 1.33. The molecule has 3 rings (SSSR count). The van der Waals surface area contributed by atoms with Crippen LogP contribution in [0.4, 0.5) is 11.4 Å². The summed E-state index contributed by atoms with van der Waals surface area (Å²) in [6, 6.07) is 7.64. The fraction of sp³-hybridized carbons (Fsp3) is 0. The van der Waals surface area contributed by atoms with Gasteiger partial charge in [0.25, 0.3) is 11.6 Å². The van der Waals surface area contributed by atoms with Gasteiger partial charge < -0.3 is 9.73 Å². The standard InChI is InChI=1S/C13H7BrN2O4/c14-12-4-2-8(20-12)6-10-9-5-7(16(18)19)1-3-11(9)15-13(10)17/h1-6H,(H,15,17). The highest BCUT2D eigenvalue weighted by molar-refractivity contribution is 9.10. The minimum Gasteiger partial charge on any atom is -0.450 e. The largest absolute Gasteiger partial charge is 0.450 e. The number of fused-ring (bicyclic) bond motifs is 1. The van der Waals surface area contributed by atoms with Crippen molar-refractivity contribution in [2.24, 2.45) is 0 Å². The van der Waals surface area contributed by atoms with Crippen LogP contribution in [0.25, 0.3) is 11.6 Å². The van der Waals surface area contributed by atoms with Crippen LogP contribution in [0.15, 0.2) is 39.4 Å². The van der Waals surface area contributed by atoms with Crippen molar-refractivity contribution >= 4 is 44.9 Å². The molecule has 6 nitrogen and oxygen atoms in total. The lowest BCUT2D eigenvalue weighted by Crippen LogP contribution is -2.03. The summed E-state index contributed by atoms with van der Waals surface area (Å²) in [6.45, 7) is 0. The Labute approximate surface area is 121 Å². The molecule has 0 spiro atoms. The maximum Gasteiger partial charge on any atom is 0.270 e. The van der Waals surface area contributed by atoms with E-state index in [-0.39, 0.29) is 11.6 Å². The molecule has 1 aromatic carbocycles. The summed E-state index contributed by atoms with van der Waals surface area (Å²) in [7, 11) is 0. The number of halogens is 1. The summed E-state index contributed by atoms with van der Waals surface area (Å²) < 4.78 is 5.86. The molecule has 1 N–H and O–H groups in total. The minimum absolute atomic E-state index is 0.0632. The lowest BCUT2D eigenvalue weighted by molar-refractivity contribution is -0.384. The van der Waals surface area contributed by atoms with Crippen LogP contribution in [-0.2, 0) is 4.79 Å². The Bertz CT molecular complexity index is 763. The van der Waals surface area contributed by atoms with Crippen molar-refractivity contribution in [1.29, 1.82) is 0 Å². The van der Waals surface area contributed by atoms with E-state index >= 15 is 0 Å². The first-order valence-electron chi connectivity index (χ1n) is 5.62. The first-order chi connectivity index (χ1) is 9.54. The Hall–Kier alpha value is -2.41. The molecule has 20 heavy (non-hydrogen) atoms. The SMILES string of the molecule is O=C1Nc2ccc([N+](=O)[O-])cc2C1=Cc1ccc(Br)o1. The van der Waals surface area contributed by atoms with E-state index in [2.05, 4.69) is 21.2 Å². The number of hydrogen-bond acceptors (Lipinski definition) is 4. The molecule has 7 heteroatoms. The smallest absolute Gasteiger partial charge is 0.270 e. The average molecular weight is 335 g/mol. The molecule has 0 saturated heterocycles. The lowest BCUT2D eigenvalue weighted by Gasteiger charge is -1.98. The molecule has 1 amide bonds. The molecule has 0 unspecified atom stereocenters. The normalized spacial score (nSPS) is 15.2. The maximum atomic E-state index is 11.9. The molecule has 0 aliphatic carbocycles. The van der Waals surface area contributed by atoms with Gasteiger partial charge in [-0.1, -0.05) is 0 Å². The van der Waals surface area contributed by atoms with Gasteiger partial charge in [0.2, 0.25) is 0 Å². The zero-order valence-electron chi connectivity index (χ0n) is 9.92. The van der Waals surface area contributed by atoms with Gasteiger partial charge >= 0.3 is 0 Å². The summed E-state index contributed by atoms with van der Waals surface area (Å²) in [5, 5.41) is 13.5. The van der Waals surface area contributed by atoms with Gasteiger partial charge in [-0.25, -0.2) is 0 Å². The molecule has 0 radical (unpaired) electrons. The van der Waals surface area contributed by atoms with Crippen LogP contribution in [0.5, 0.6) is 0 Å². The molecule has 2 heterocycles. The van der Waals surface area contributed by atoms with Gasteiger partial charge in [0.1, 0.15) is 5.76 Å². The quantitative estimate of drug-likeness (QED) is 0.517. The molecule has 0 saturated carbocycles. The van der Waals surface area contributed by atoms with E-state index in [1.807, 2.05) is 0 Å². The molecule has 1 aliphatic heterocycles. The Balaban J connectivity index is 2.10. The Morgan fingerprint density at radius 2 is 2.10 bits per heavy atom. The van der Waals surface area contributed by atoms with Crippen molar-refractivity contribution in [3.05, 3.63) is 56.4 Å². The van der Waals surface area contributed by atoms with Crippen LogP contribution in [0, 0.1) is 10.1 Å². The zero-order chi connectivity index (χ0) is 14.3. The minimum atomic E-state index is -0.496. The van der Waals surface area contributed by atoms with E-state index in [1.165, 1.54) is 18.2 Å². The number of carbonyl (C=O) groups is 1. The molecule has 0 atom stereocenters. The van der Waals surface area contributed by atoms with E-state index in [4.69, 9.17) is 4.42 Å². The molecule has 1 aromatic heterocycles. The number of non-ortho nitro benzene ring substituents is 1. The number of nitrogens with one attached hydrogen (secondary N) is 1. The van der Waals surface area contributed by atoms with Crippen LogP contribution in [0.2, 0.25) is 0 Å². The van der Waals surface area contributed by atoms with Gasteiger partial charge in [-0.3, -0.25) is 14.9 Å². The number of carbonyl (C=O) groups excluding carboxylic acids is 1. The molecule has 0 fully saturated rings. The Morgan fingerprint density at radius 1 is 1.30 bits per heavy atom. The van der Waals surface area contributed by atoms with Crippen LogP contribution in [-0.4, -0.2) is 10.8 Å². The summed E-state index contributed by atoms with van der Waals surface area (Å²) in [4.78, 5) is 22.2. The second kappa shape index (κ2) is 4.61. The van der Waals surface area contributed by atoms with Gasteiger partial charge in [0.15, 0.2) is 4.67 Å². The summed E-state index contributed by atoms with van der Waals surface area (Å²) >= 11 is 3.17. The highest BCUT2D eigenvalue weighted by atomic mass is 79.9. The van der Waals surface area contributed by atoms with Crippen molar-refractivity contribution in [3.63, 3.8) is 0 Å². The van der Waals surface area contributed by atoms with Gasteiger partial charge in [0.05, 0.1) is 10.5 Å². The molecule has 0 bridgehead atoms. The van der Waals surface area contributed by atoms with Crippen LogP contribution < -0.4 is 5.32 Å². The van der Waals surface area contributed by atoms with Crippen molar-refractivity contribution in [2.75, 3.05) is 5.32 Å². The number of anilines is 1. The Kier molecular flexibility index (Phi) is 2.90. The number of hydrogen-bond donors (Lipinski definition) is 1. The van der Waals surface area contributed by atoms with Gasteiger partial charge in [-0.15, -0.1) is 0 Å². The maximum absolute atomic E-state index is 11.9. The summed E-state index contributed by atoms with van der Waals surface area (Å²) in [5.74, 6) is 0.175. The molecular weight excluding hydrogens is 328 g/mol. The number of furan rings is 1.